The third kappa shape index (κ3) is 3.40. The van der Waals surface area contributed by atoms with Gasteiger partial charge in [0.1, 0.15) is 11.9 Å². The van der Waals surface area contributed by atoms with Crippen molar-refractivity contribution in [3.05, 3.63) is 67.9 Å². The molecule has 2 aromatic rings. The van der Waals surface area contributed by atoms with Gasteiger partial charge in [-0.2, -0.15) is 10.1 Å². The van der Waals surface area contributed by atoms with Crippen LogP contribution in [0.3, 0.4) is 0 Å². The average molecular weight is 530 g/mol. The Kier molecular flexibility index (Phi) is 4.80. The van der Waals surface area contributed by atoms with Gasteiger partial charge < -0.3 is 4.74 Å². The van der Waals surface area contributed by atoms with Gasteiger partial charge in [0.2, 0.25) is 5.88 Å². The van der Waals surface area contributed by atoms with Crippen molar-refractivity contribution in [3.63, 3.8) is 0 Å². The van der Waals surface area contributed by atoms with E-state index >= 15 is 0 Å². The molecule has 1 saturated heterocycles. The number of carbonyl (C=O) groups excluding carboxylic acids is 2. The minimum atomic E-state index is -0.529. The van der Waals surface area contributed by atoms with E-state index in [9.17, 15) is 19.7 Å². The molecule has 1 aliphatic heterocycles. The number of nitro groups is 1. The Bertz CT molecular complexity index is 1130. The molecule has 2 bridgehead atoms. The molecule has 156 valence electrons. The molecule has 5 rings (SSSR count). The molecule has 9 nitrogen and oxygen atoms in total. The quantitative estimate of drug-likeness (QED) is 0.146. The molecule has 3 aliphatic rings. The molecule has 0 radical (unpaired) electrons. The Morgan fingerprint density at radius 2 is 1.87 bits per heavy atom. The fourth-order valence-electron chi connectivity index (χ4n) is 4.46. The first kappa shape index (κ1) is 19.8. The zero-order chi connectivity index (χ0) is 21.7. The summed E-state index contributed by atoms with van der Waals surface area (Å²) in [6, 6.07) is 7.98. The van der Waals surface area contributed by atoms with Crippen LogP contribution in [0.4, 0.5) is 5.69 Å². The first-order valence-electron chi connectivity index (χ1n) is 9.60. The molecular formula is C21H15IN4O5. The monoisotopic (exact) mass is 530 g/mol. The first-order chi connectivity index (χ1) is 14.9. The second-order valence-corrected chi connectivity index (χ2v) is 8.80. The van der Waals surface area contributed by atoms with Crippen molar-refractivity contribution in [1.82, 2.24) is 9.99 Å². The van der Waals surface area contributed by atoms with Crippen LogP contribution >= 0.6 is 22.6 Å². The number of fused-ring (bicyclic) bond motifs is 5. The SMILES string of the molecule is O=C1[C@@H]2[C@H](C(=O)N1N=Cc1ccc(Oc3ccc([N+](=O)[O-])cn3)c(I)c1)[C@H]1C=C[C@H]2C1. The zero-order valence-corrected chi connectivity index (χ0v) is 18.1. The number of hydrazone groups is 1. The fourth-order valence-corrected chi connectivity index (χ4v) is 5.11. The summed E-state index contributed by atoms with van der Waals surface area (Å²) in [7, 11) is 0. The molecule has 2 aliphatic carbocycles. The van der Waals surface area contributed by atoms with Crippen LogP contribution < -0.4 is 4.74 Å². The summed E-state index contributed by atoms with van der Waals surface area (Å²) in [5, 5.41) is 15.9. The molecule has 1 saturated carbocycles. The number of nitrogens with zero attached hydrogens (tertiary/aromatic N) is 4. The van der Waals surface area contributed by atoms with Gasteiger partial charge in [0, 0.05) is 12.1 Å². The van der Waals surface area contributed by atoms with Crippen molar-refractivity contribution in [1.29, 1.82) is 0 Å². The molecular weight excluding hydrogens is 515 g/mol. The maximum atomic E-state index is 12.7. The van der Waals surface area contributed by atoms with Crippen LogP contribution in [0.2, 0.25) is 0 Å². The predicted octanol–water partition coefficient (Wildman–Crippen LogP) is 3.53. The van der Waals surface area contributed by atoms with Crippen molar-refractivity contribution in [3.8, 4) is 11.6 Å². The lowest BCUT2D eigenvalue weighted by Gasteiger charge is -2.13. The second kappa shape index (κ2) is 7.52. The van der Waals surface area contributed by atoms with Gasteiger partial charge in [-0.3, -0.25) is 19.7 Å². The Morgan fingerprint density at radius 1 is 1.16 bits per heavy atom. The number of halogens is 1. The highest BCUT2D eigenvalue weighted by atomic mass is 127. The van der Waals surface area contributed by atoms with Gasteiger partial charge >= 0.3 is 0 Å². The summed E-state index contributed by atoms with van der Waals surface area (Å²) in [6.45, 7) is 0. The number of hydrogen-bond acceptors (Lipinski definition) is 7. The normalized spacial score (nSPS) is 26.2. The number of allylic oxidation sites excluding steroid dienone is 2. The molecule has 1 aromatic heterocycles. The van der Waals surface area contributed by atoms with Gasteiger partial charge in [-0.15, -0.1) is 0 Å². The van der Waals surface area contributed by atoms with Gasteiger partial charge in [-0.05, 0) is 64.6 Å². The number of aromatic nitrogens is 1. The number of amides is 2. The summed E-state index contributed by atoms with van der Waals surface area (Å²) in [5.41, 5.74) is 0.583. The highest BCUT2D eigenvalue weighted by Gasteiger charge is 2.59. The van der Waals surface area contributed by atoms with Crippen LogP contribution in [-0.4, -0.2) is 32.9 Å². The fraction of sp³-hybridized carbons (Fsp3) is 0.238. The number of hydrogen-bond donors (Lipinski definition) is 0. The van der Waals surface area contributed by atoms with Crippen molar-refractivity contribution in [2.75, 3.05) is 0 Å². The Morgan fingerprint density at radius 3 is 2.45 bits per heavy atom. The van der Waals surface area contributed by atoms with Gasteiger partial charge in [-0.1, -0.05) is 12.2 Å². The van der Waals surface area contributed by atoms with Crippen molar-refractivity contribution >= 4 is 46.3 Å². The lowest BCUT2D eigenvalue weighted by atomic mass is 9.85. The molecule has 1 aromatic carbocycles. The van der Waals surface area contributed by atoms with E-state index in [1.165, 1.54) is 18.3 Å². The standard InChI is InChI=1S/C21H15IN4O5/c22-15-7-11(1-5-16(15)31-17-6-4-14(10-23-17)26(29)30)9-24-25-20(27)18-12-2-3-13(8-12)19(18)21(25)28/h1-7,9-10,12-13,18-19H,8H2/t12-,13-,18-,19+/m0/s1. The third-order valence-corrected chi connectivity index (χ3v) is 6.71. The lowest BCUT2D eigenvalue weighted by Crippen LogP contribution is -2.28. The third-order valence-electron chi connectivity index (χ3n) is 5.87. The zero-order valence-electron chi connectivity index (χ0n) is 15.9. The van der Waals surface area contributed by atoms with E-state index in [1.54, 1.807) is 18.2 Å². The molecule has 2 heterocycles. The predicted molar refractivity (Wildman–Crippen MR) is 117 cm³/mol. The maximum Gasteiger partial charge on any atom is 0.287 e. The van der Waals surface area contributed by atoms with Crippen LogP contribution in [0, 0.1) is 37.4 Å². The van der Waals surface area contributed by atoms with E-state index < -0.39 is 4.92 Å². The summed E-state index contributed by atoms with van der Waals surface area (Å²) in [6.07, 6.45) is 7.59. The smallest absolute Gasteiger partial charge is 0.287 e. The van der Waals surface area contributed by atoms with E-state index in [0.29, 0.717) is 11.3 Å². The number of carbonyl (C=O) groups is 2. The molecule has 0 N–H and O–H groups in total. The van der Waals surface area contributed by atoms with Crippen LogP contribution in [0.5, 0.6) is 11.6 Å². The van der Waals surface area contributed by atoms with Crippen LogP contribution in [0.1, 0.15) is 12.0 Å². The van der Waals surface area contributed by atoms with Crippen molar-refractivity contribution < 1.29 is 19.2 Å². The number of imide groups is 1. The van der Waals surface area contributed by atoms with Crippen LogP contribution in [0.25, 0.3) is 0 Å². The summed E-state index contributed by atoms with van der Waals surface area (Å²) in [5.74, 6) is 0.0604. The van der Waals surface area contributed by atoms with Crippen molar-refractivity contribution in [2.24, 2.45) is 28.8 Å². The summed E-state index contributed by atoms with van der Waals surface area (Å²) < 4.78 is 6.43. The van der Waals surface area contributed by atoms with E-state index in [0.717, 1.165) is 21.2 Å². The Labute approximate surface area is 190 Å². The first-order valence-corrected chi connectivity index (χ1v) is 10.7. The van der Waals surface area contributed by atoms with Crippen LogP contribution in [0.15, 0.2) is 53.8 Å². The minimum absolute atomic E-state index is 0.118. The van der Waals surface area contributed by atoms with Gasteiger partial charge in [0.05, 0.1) is 26.5 Å². The molecule has 2 amide bonds. The molecule has 0 spiro atoms. The largest absolute Gasteiger partial charge is 0.438 e. The molecule has 2 fully saturated rings. The Balaban J connectivity index is 1.29. The highest BCUT2D eigenvalue weighted by Crippen LogP contribution is 2.52. The average Bonchev–Trinajstić information content (AvgIpc) is 3.43. The summed E-state index contributed by atoms with van der Waals surface area (Å²) >= 11 is 2.08. The van der Waals surface area contributed by atoms with Gasteiger partial charge in [-0.25, -0.2) is 4.98 Å². The number of rotatable bonds is 5. The molecule has 4 atom stereocenters. The van der Waals surface area contributed by atoms with E-state index in [-0.39, 0.29) is 47.1 Å². The van der Waals surface area contributed by atoms with E-state index in [4.69, 9.17) is 4.74 Å². The molecule has 0 unspecified atom stereocenters. The van der Waals surface area contributed by atoms with E-state index in [2.05, 4.69) is 32.7 Å². The van der Waals surface area contributed by atoms with Gasteiger partial charge in [0.15, 0.2) is 0 Å². The Hall–Kier alpha value is -3.15. The van der Waals surface area contributed by atoms with Crippen molar-refractivity contribution in [2.45, 2.75) is 6.42 Å². The second-order valence-electron chi connectivity index (χ2n) is 7.64. The minimum Gasteiger partial charge on any atom is -0.438 e. The molecule has 10 heteroatoms. The number of ether oxygens (including phenoxy) is 1. The molecule has 31 heavy (non-hydrogen) atoms. The maximum absolute atomic E-state index is 12.7. The van der Waals surface area contributed by atoms with E-state index in [1.807, 2.05) is 12.2 Å². The summed E-state index contributed by atoms with van der Waals surface area (Å²) in [4.78, 5) is 39.5. The number of pyridine rings is 1. The van der Waals surface area contributed by atoms with Crippen LogP contribution in [-0.2, 0) is 9.59 Å². The number of benzene rings is 1. The lowest BCUT2D eigenvalue weighted by molar-refractivity contribution is -0.385. The highest BCUT2D eigenvalue weighted by molar-refractivity contribution is 14.1. The topological polar surface area (TPSA) is 115 Å². The van der Waals surface area contributed by atoms with Gasteiger partial charge in [0.25, 0.3) is 17.5 Å².